The Balaban J connectivity index is 1.87. The van der Waals surface area contributed by atoms with Gasteiger partial charge < -0.3 is 4.74 Å². The van der Waals surface area contributed by atoms with Gasteiger partial charge in [-0.25, -0.2) is 8.42 Å². The maximum absolute atomic E-state index is 11.7. The molecule has 1 aliphatic heterocycles. The van der Waals surface area contributed by atoms with Crippen molar-refractivity contribution in [1.82, 2.24) is 0 Å². The standard InChI is InChI=1S/C22H17ClO3S/c1-27(24,25)19-11-9-15(10-12-19)22-20(16-6-4-7-18(23)13-16)14-17-5-2-3-8-21(17)26-22/h2-13H,14H2,1H3. The lowest BCUT2D eigenvalue weighted by molar-refractivity contribution is 0.502. The number of fused-ring (bicyclic) bond motifs is 1. The van der Waals surface area contributed by atoms with Crippen LogP contribution in [-0.4, -0.2) is 14.7 Å². The Morgan fingerprint density at radius 1 is 0.889 bits per heavy atom. The van der Waals surface area contributed by atoms with E-state index in [4.69, 9.17) is 16.3 Å². The fraction of sp³-hybridized carbons (Fsp3) is 0.0909. The molecule has 0 saturated heterocycles. The van der Waals surface area contributed by atoms with Gasteiger partial charge in [0.2, 0.25) is 0 Å². The van der Waals surface area contributed by atoms with Crippen molar-refractivity contribution in [3.05, 3.63) is 94.5 Å². The first-order chi connectivity index (χ1) is 12.9. The topological polar surface area (TPSA) is 43.4 Å². The second-order valence-corrected chi connectivity index (χ2v) is 8.95. The first-order valence-electron chi connectivity index (χ1n) is 8.47. The summed E-state index contributed by atoms with van der Waals surface area (Å²) in [5.74, 6) is 1.53. The normalized spacial score (nSPS) is 13.9. The van der Waals surface area contributed by atoms with Crippen LogP contribution in [0.4, 0.5) is 0 Å². The van der Waals surface area contributed by atoms with E-state index in [-0.39, 0.29) is 4.90 Å². The molecule has 27 heavy (non-hydrogen) atoms. The van der Waals surface area contributed by atoms with Crippen molar-refractivity contribution >= 4 is 32.8 Å². The molecule has 0 amide bonds. The number of hydrogen-bond donors (Lipinski definition) is 0. The summed E-state index contributed by atoms with van der Waals surface area (Å²) in [5, 5.41) is 0.658. The predicted octanol–water partition coefficient (Wildman–Crippen LogP) is 5.25. The van der Waals surface area contributed by atoms with E-state index in [1.165, 1.54) is 6.26 Å². The number of ether oxygens (including phenoxy) is 1. The van der Waals surface area contributed by atoms with Crippen molar-refractivity contribution < 1.29 is 13.2 Å². The van der Waals surface area contributed by atoms with E-state index in [1.54, 1.807) is 24.3 Å². The van der Waals surface area contributed by atoms with Gasteiger partial charge in [0.15, 0.2) is 9.84 Å². The third kappa shape index (κ3) is 3.64. The van der Waals surface area contributed by atoms with Crippen LogP contribution in [0.15, 0.2) is 77.7 Å². The molecule has 0 aliphatic carbocycles. The minimum absolute atomic E-state index is 0.285. The van der Waals surface area contributed by atoms with Crippen molar-refractivity contribution in [1.29, 1.82) is 0 Å². The molecule has 0 aromatic heterocycles. The Morgan fingerprint density at radius 2 is 1.63 bits per heavy atom. The van der Waals surface area contributed by atoms with Gasteiger partial charge in [-0.1, -0.05) is 41.9 Å². The third-order valence-electron chi connectivity index (χ3n) is 4.54. The highest BCUT2D eigenvalue weighted by Crippen LogP contribution is 2.39. The third-order valence-corrected chi connectivity index (χ3v) is 5.91. The van der Waals surface area contributed by atoms with Gasteiger partial charge >= 0.3 is 0 Å². The van der Waals surface area contributed by atoms with E-state index in [9.17, 15) is 8.42 Å². The summed E-state index contributed by atoms with van der Waals surface area (Å²) in [6.45, 7) is 0. The summed E-state index contributed by atoms with van der Waals surface area (Å²) in [4.78, 5) is 0.285. The summed E-state index contributed by atoms with van der Waals surface area (Å²) in [7, 11) is -3.24. The molecule has 136 valence electrons. The minimum Gasteiger partial charge on any atom is -0.456 e. The number of para-hydroxylation sites is 1. The van der Waals surface area contributed by atoms with Crippen molar-refractivity contribution in [2.24, 2.45) is 0 Å². The maximum atomic E-state index is 11.7. The molecule has 0 radical (unpaired) electrons. The molecule has 3 aromatic rings. The molecular formula is C22H17ClO3S. The summed E-state index contributed by atoms with van der Waals surface area (Å²) in [5.41, 5.74) is 3.93. The summed E-state index contributed by atoms with van der Waals surface area (Å²) < 4.78 is 29.7. The highest BCUT2D eigenvalue weighted by atomic mass is 35.5. The molecule has 0 unspecified atom stereocenters. The monoisotopic (exact) mass is 396 g/mol. The van der Waals surface area contributed by atoms with Crippen molar-refractivity contribution in [2.75, 3.05) is 6.26 Å². The SMILES string of the molecule is CS(=O)(=O)c1ccc(C2=C(c3cccc(Cl)c3)Cc3ccccc3O2)cc1. The van der Waals surface area contributed by atoms with Gasteiger partial charge in [0, 0.05) is 28.8 Å². The molecule has 0 atom stereocenters. The number of halogens is 1. The van der Waals surface area contributed by atoms with Gasteiger partial charge in [0.1, 0.15) is 11.5 Å². The summed E-state index contributed by atoms with van der Waals surface area (Å²) in [6.07, 6.45) is 1.91. The van der Waals surface area contributed by atoms with Gasteiger partial charge in [-0.3, -0.25) is 0 Å². The Morgan fingerprint density at radius 3 is 2.33 bits per heavy atom. The first-order valence-corrected chi connectivity index (χ1v) is 10.7. The Hall–Kier alpha value is -2.56. The van der Waals surface area contributed by atoms with E-state index in [2.05, 4.69) is 0 Å². The molecule has 1 heterocycles. The summed E-state index contributed by atoms with van der Waals surface area (Å²) in [6, 6.07) is 22.4. The molecule has 5 heteroatoms. The lowest BCUT2D eigenvalue weighted by atomic mass is 9.92. The number of rotatable bonds is 3. The number of allylic oxidation sites excluding steroid dienone is 1. The first kappa shape index (κ1) is 17.8. The van der Waals surface area contributed by atoms with Crippen LogP contribution >= 0.6 is 11.6 Å². The lowest BCUT2D eigenvalue weighted by Crippen LogP contribution is -2.09. The van der Waals surface area contributed by atoms with Crippen LogP contribution in [0, 0.1) is 0 Å². The van der Waals surface area contributed by atoms with Crippen molar-refractivity contribution in [2.45, 2.75) is 11.3 Å². The highest BCUT2D eigenvalue weighted by molar-refractivity contribution is 7.90. The lowest BCUT2D eigenvalue weighted by Gasteiger charge is -2.24. The van der Waals surface area contributed by atoms with E-state index < -0.39 is 9.84 Å². The second kappa shape index (κ2) is 6.87. The van der Waals surface area contributed by atoms with Crippen LogP contribution in [-0.2, 0) is 16.3 Å². The number of benzene rings is 3. The molecule has 3 nitrogen and oxygen atoms in total. The van der Waals surface area contributed by atoms with E-state index in [1.807, 2.05) is 48.5 Å². The minimum atomic E-state index is -3.24. The zero-order chi connectivity index (χ0) is 19.0. The van der Waals surface area contributed by atoms with Gasteiger partial charge in [-0.2, -0.15) is 0 Å². The largest absolute Gasteiger partial charge is 0.456 e. The molecular weight excluding hydrogens is 380 g/mol. The van der Waals surface area contributed by atoms with Crippen LogP contribution < -0.4 is 4.74 Å². The maximum Gasteiger partial charge on any atom is 0.175 e. The van der Waals surface area contributed by atoms with Crippen LogP contribution in [0.3, 0.4) is 0 Å². The molecule has 0 N–H and O–H groups in total. The average molecular weight is 397 g/mol. The van der Waals surface area contributed by atoms with Crippen LogP contribution in [0.2, 0.25) is 5.02 Å². The van der Waals surface area contributed by atoms with Crippen LogP contribution in [0.1, 0.15) is 16.7 Å². The molecule has 0 saturated carbocycles. The Bertz CT molecular complexity index is 1150. The number of sulfone groups is 1. The van der Waals surface area contributed by atoms with Crippen LogP contribution in [0.25, 0.3) is 11.3 Å². The average Bonchev–Trinajstić information content (AvgIpc) is 2.66. The van der Waals surface area contributed by atoms with Gasteiger partial charge in [0.05, 0.1) is 4.90 Å². The molecule has 0 fully saturated rings. The van der Waals surface area contributed by atoms with Gasteiger partial charge in [-0.05, 0) is 53.6 Å². The van der Waals surface area contributed by atoms with Crippen LogP contribution in [0.5, 0.6) is 5.75 Å². The second-order valence-electron chi connectivity index (χ2n) is 6.50. The highest BCUT2D eigenvalue weighted by Gasteiger charge is 2.22. The van der Waals surface area contributed by atoms with E-state index in [0.29, 0.717) is 11.4 Å². The molecule has 1 aliphatic rings. The van der Waals surface area contributed by atoms with Crippen molar-refractivity contribution in [3.8, 4) is 5.75 Å². The fourth-order valence-corrected chi connectivity index (χ4v) is 4.01. The zero-order valence-corrected chi connectivity index (χ0v) is 16.2. The fourth-order valence-electron chi connectivity index (χ4n) is 3.19. The molecule has 4 rings (SSSR count). The van der Waals surface area contributed by atoms with Crippen molar-refractivity contribution in [3.63, 3.8) is 0 Å². The molecule has 0 bridgehead atoms. The smallest absolute Gasteiger partial charge is 0.175 e. The van der Waals surface area contributed by atoms with Gasteiger partial charge in [0.25, 0.3) is 0 Å². The Labute approximate surface area is 163 Å². The quantitative estimate of drug-likeness (QED) is 0.607. The van der Waals surface area contributed by atoms with Gasteiger partial charge in [-0.15, -0.1) is 0 Å². The van der Waals surface area contributed by atoms with E-state index in [0.717, 1.165) is 33.8 Å². The molecule has 0 spiro atoms. The van der Waals surface area contributed by atoms with E-state index >= 15 is 0 Å². The summed E-state index contributed by atoms with van der Waals surface area (Å²) >= 11 is 6.20. The predicted molar refractivity (Wildman–Crippen MR) is 109 cm³/mol. The molecule has 3 aromatic carbocycles. The Kier molecular flexibility index (Phi) is 4.54. The zero-order valence-electron chi connectivity index (χ0n) is 14.6. The number of hydrogen-bond acceptors (Lipinski definition) is 3.